The predicted molar refractivity (Wildman–Crippen MR) is 81.6 cm³/mol. The van der Waals surface area contributed by atoms with Gasteiger partial charge in [-0.2, -0.15) is 0 Å². The van der Waals surface area contributed by atoms with Crippen molar-refractivity contribution < 1.29 is 14.7 Å². The highest BCUT2D eigenvalue weighted by molar-refractivity contribution is 5.95. The summed E-state index contributed by atoms with van der Waals surface area (Å²) in [5.74, 6) is -0.387. The van der Waals surface area contributed by atoms with Crippen molar-refractivity contribution >= 4 is 11.9 Å². The van der Waals surface area contributed by atoms with Gasteiger partial charge in [0, 0.05) is 25.7 Å². The van der Waals surface area contributed by atoms with Gasteiger partial charge in [-0.1, -0.05) is 13.8 Å². The molecular formula is C16H23N3O3. The molecule has 0 bridgehead atoms. The van der Waals surface area contributed by atoms with Crippen LogP contribution in [-0.2, 0) is 4.79 Å². The molecule has 0 aromatic carbocycles. The van der Waals surface area contributed by atoms with Gasteiger partial charge < -0.3 is 10.0 Å². The molecule has 1 saturated heterocycles. The Morgan fingerprint density at radius 2 is 2.23 bits per heavy atom. The molecule has 2 heterocycles. The summed E-state index contributed by atoms with van der Waals surface area (Å²) in [6.45, 7) is 5.35. The summed E-state index contributed by atoms with van der Waals surface area (Å²) < 4.78 is 0. The maximum absolute atomic E-state index is 12.7. The fourth-order valence-electron chi connectivity index (χ4n) is 2.95. The number of carboxylic acids is 1. The lowest BCUT2D eigenvalue weighted by molar-refractivity contribution is -0.137. The fraction of sp³-hybridized carbons (Fsp3) is 0.625. The molecule has 0 aliphatic carbocycles. The standard InChI is InChI=1S/C16H23N3O3/c1-11(2)15-13(8-17-10-18-15)16(22)19-7-3-4-12(9-19)5-6-14(20)21/h8,10-12H,3-7,9H2,1-2H3,(H,20,21). The Hall–Kier alpha value is -1.98. The highest BCUT2D eigenvalue weighted by atomic mass is 16.4. The predicted octanol–water partition coefficient (Wildman–Crippen LogP) is 2.32. The van der Waals surface area contributed by atoms with Gasteiger partial charge in [-0.15, -0.1) is 0 Å². The van der Waals surface area contributed by atoms with Gasteiger partial charge in [0.2, 0.25) is 0 Å². The number of carbonyl (C=O) groups is 2. The van der Waals surface area contributed by atoms with Crippen LogP contribution in [0.1, 0.15) is 61.5 Å². The zero-order valence-corrected chi connectivity index (χ0v) is 13.2. The molecule has 1 N–H and O–H groups in total. The Bertz CT molecular complexity index is 545. The summed E-state index contributed by atoms with van der Waals surface area (Å²) in [4.78, 5) is 33.5. The molecule has 120 valence electrons. The summed E-state index contributed by atoms with van der Waals surface area (Å²) in [7, 11) is 0. The van der Waals surface area contributed by atoms with Gasteiger partial charge >= 0.3 is 5.97 Å². The van der Waals surface area contributed by atoms with Crippen LogP contribution in [0.5, 0.6) is 0 Å². The van der Waals surface area contributed by atoms with E-state index in [-0.39, 0.29) is 24.2 Å². The van der Waals surface area contributed by atoms with E-state index in [1.165, 1.54) is 6.33 Å². The van der Waals surface area contributed by atoms with E-state index >= 15 is 0 Å². The lowest BCUT2D eigenvalue weighted by Crippen LogP contribution is -2.40. The third-order valence-electron chi connectivity index (χ3n) is 4.09. The van der Waals surface area contributed by atoms with Gasteiger partial charge in [0.15, 0.2) is 0 Å². The molecule has 1 atom stereocenters. The monoisotopic (exact) mass is 305 g/mol. The van der Waals surface area contributed by atoms with Crippen molar-refractivity contribution in [3.63, 3.8) is 0 Å². The Labute approximate surface area is 130 Å². The summed E-state index contributed by atoms with van der Waals surface area (Å²) in [5.41, 5.74) is 1.34. The van der Waals surface area contributed by atoms with Crippen LogP contribution < -0.4 is 0 Å². The number of aromatic nitrogens is 2. The van der Waals surface area contributed by atoms with Gasteiger partial charge in [0.25, 0.3) is 5.91 Å². The highest BCUT2D eigenvalue weighted by Gasteiger charge is 2.27. The Morgan fingerprint density at radius 3 is 2.91 bits per heavy atom. The number of piperidine rings is 1. The molecule has 0 saturated carbocycles. The number of nitrogens with zero attached hydrogens (tertiary/aromatic N) is 3. The van der Waals surface area contributed by atoms with Crippen LogP contribution in [0.15, 0.2) is 12.5 Å². The van der Waals surface area contributed by atoms with E-state index in [1.807, 2.05) is 18.7 Å². The first-order valence-corrected chi connectivity index (χ1v) is 7.80. The molecule has 1 aliphatic rings. The molecule has 22 heavy (non-hydrogen) atoms. The van der Waals surface area contributed by atoms with E-state index in [0.717, 1.165) is 25.1 Å². The van der Waals surface area contributed by atoms with Crippen LogP contribution in [0.25, 0.3) is 0 Å². The average Bonchev–Trinajstić information content (AvgIpc) is 2.52. The van der Waals surface area contributed by atoms with E-state index in [9.17, 15) is 9.59 Å². The number of carbonyl (C=O) groups excluding carboxylic acids is 1. The van der Waals surface area contributed by atoms with Crippen LogP contribution in [0, 0.1) is 5.92 Å². The summed E-state index contributed by atoms with van der Waals surface area (Å²) in [6, 6.07) is 0. The number of likely N-dealkylation sites (tertiary alicyclic amines) is 1. The van der Waals surface area contributed by atoms with E-state index in [2.05, 4.69) is 9.97 Å². The minimum atomic E-state index is -0.776. The van der Waals surface area contributed by atoms with Crippen molar-refractivity contribution in [2.45, 2.75) is 45.4 Å². The molecule has 1 aliphatic heterocycles. The van der Waals surface area contributed by atoms with Gasteiger partial charge in [-0.3, -0.25) is 9.59 Å². The van der Waals surface area contributed by atoms with Crippen molar-refractivity contribution in [2.24, 2.45) is 5.92 Å². The van der Waals surface area contributed by atoms with Gasteiger partial charge in [-0.25, -0.2) is 9.97 Å². The first-order chi connectivity index (χ1) is 10.5. The van der Waals surface area contributed by atoms with Gasteiger partial charge in [0.1, 0.15) is 6.33 Å². The summed E-state index contributed by atoms with van der Waals surface area (Å²) in [6.07, 6.45) is 5.75. The second-order valence-corrected chi connectivity index (χ2v) is 6.17. The number of aliphatic carboxylic acids is 1. The number of hydrogen-bond acceptors (Lipinski definition) is 4. The van der Waals surface area contributed by atoms with Crippen LogP contribution in [-0.4, -0.2) is 44.9 Å². The van der Waals surface area contributed by atoms with E-state index in [0.29, 0.717) is 18.5 Å². The molecule has 1 fully saturated rings. The average molecular weight is 305 g/mol. The van der Waals surface area contributed by atoms with Crippen LogP contribution in [0.2, 0.25) is 0 Å². The quantitative estimate of drug-likeness (QED) is 0.902. The third kappa shape index (κ3) is 4.02. The van der Waals surface area contributed by atoms with Crippen molar-refractivity contribution in [1.29, 1.82) is 0 Å². The second-order valence-electron chi connectivity index (χ2n) is 6.17. The first kappa shape index (κ1) is 16.4. The molecule has 1 aromatic rings. The number of amides is 1. The molecule has 6 nitrogen and oxygen atoms in total. The largest absolute Gasteiger partial charge is 0.481 e. The third-order valence-corrected chi connectivity index (χ3v) is 4.09. The van der Waals surface area contributed by atoms with Crippen molar-refractivity contribution in [3.8, 4) is 0 Å². The van der Waals surface area contributed by atoms with E-state index in [1.54, 1.807) is 6.20 Å². The fourth-order valence-corrected chi connectivity index (χ4v) is 2.95. The zero-order chi connectivity index (χ0) is 16.1. The van der Waals surface area contributed by atoms with E-state index in [4.69, 9.17) is 5.11 Å². The van der Waals surface area contributed by atoms with Crippen molar-refractivity contribution in [1.82, 2.24) is 14.9 Å². The maximum atomic E-state index is 12.7. The smallest absolute Gasteiger partial charge is 0.303 e. The Kier molecular flexibility index (Phi) is 5.46. The molecule has 0 radical (unpaired) electrons. The summed E-state index contributed by atoms with van der Waals surface area (Å²) >= 11 is 0. The molecule has 1 amide bonds. The minimum Gasteiger partial charge on any atom is -0.481 e. The normalized spacial score (nSPS) is 18.5. The van der Waals surface area contributed by atoms with Crippen LogP contribution in [0.4, 0.5) is 0 Å². The molecule has 1 aromatic heterocycles. The second kappa shape index (κ2) is 7.33. The Balaban J connectivity index is 2.07. The number of carboxylic acid groups (broad SMARTS) is 1. The lowest BCUT2D eigenvalue weighted by atomic mass is 9.92. The molecule has 0 spiro atoms. The van der Waals surface area contributed by atoms with Crippen molar-refractivity contribution in [3.05, 3.63) is 23.8 Å². The first-order valence-electron chi connectivity index (χ1n) is 7.80. The lowest BCUT2D eigenvalue weighted by Gasteiger charge is -2.33. The molecular weight excluding hydrogens is 282 g/mol. The van der Waals surface area contributed by atoms with Crippen LogP contribution >= 0.6 is 0 Å². The SMILES string of the molecule is CC(C)c1ncncc1C(=O)N1CCCC(CCC(=O)O)C1. The number of hydrogen-bond donors (Lipinski definition) is 1. The topological polar surface area (TPSA) is 83.4 Å². The maximum Gasteiger partial charge on any atom is 0.303 e. The molecule has 2 rings (SSSR count). The van der Waals surface area contributed by atoms with Gasteiger partial charge in [-0.05, 0) is 31.1 Å². The van der Waals surface area contributed by atoms with E-state index < -0.39 is 5.97 Å². The van der Waals surface area contributed by atoms with Gasteiger partial charge in [0.05, 0.1) is 11.3 Å². The Morgan fingerprint density at radius 1 is 1.45 bits per heavy atom. The molecule has 1 unspecified atom stereocenters. The minimum absolute atomic E-state index is 0.0377. The van der Waals surface area contributed by atoms with Crippen LogP contribution in [0.3, 0.4) is 0 Å². The summed E-state index contributed by atoms with van der Waals surface area (Å²) in [5, 5.41) is 8.80. The zero-order valence-electron chi connectivity index (χ0n) is 13.2. The number of rotatable bonds is 5. The molecule has 6 heteroatoms. The highest BCUT2D eigenvalue weighted by Crippen LogP contribution is 2.24. The van der Waals surface area contributed by atoms with Crippen molar-refractivity contribution in [2.75, 3.05) is 13.1 Å².